The summed E-state index contributed by atoms with van der Waals surface area (Å²) in [5.74, 6) is 1.40. The standard InChI is InChI=1S/C20H28N4O2S/c1-4-17-7-5-6-14-24(17)20-13-12-19(21-22-20)23-27(25,26)18-10-8-16(9-11-18)15(2)3/h8-13,15,17H,4-7,14H2,1-3H3,(H,21,23). The summed E-state index contributed by atoms with van der Waals surface area (Å²) in [7, 11) is -3.68. The van der Waals surface area contributed by atoms with Crippen LogP contribution in [0.2, 0.25) is 0 Å². The smallest absolute Gasteiger partial charge is 0.263 e. The summed E-state index contributed by atoms with van der Waals surface area (Å²) in [6.07, 6.45) is 4.64. The molecule has 0 saturated carbocycles. The quantitative estimate of drug-likeness (QED) is 0.804. The molecule has 1 fully saturated rings. The average molecular weight is 389 g/mol. The van der Waals surface area contributed by atoms with Crippen molar-refractivity contribution in [3.05, 3.63) is 42.0 Å². The van der Waals surface area contributed by atoms with Gasteiger partial charge < -0.3 is 4.90 Å². The van der Waals surface area contributed by atoms with Crippen molar-refractivity contribution >= 4 is 21.7 Å². The van der Waals surface area contributed by atoms with E-state index >= 15 is 0 Å². The van der Waals surface area contributed by atoms with Crippen molar-refractivity contribution in [1.29, 1.82) is 0 Å². The van der Waals surface area contributed by atoms with Crippen molar-refractivity contribution in [2.45, 2.75) is 63.3 Å². The zero-order valence-corrected chi connectivity index (χ0v) is 17.0. The summed E-state index contributed by atoms with van der Waals surface area (Å²) in [6, 6.07) is 10.9. The first-order valence-corrected chi connectivity index (χ1v) is 11.1. The van der Waals surface area contributed by atoms with Crippen LogP contribution < -0.4 is 9.62 Å². The Hall–Kier alpha value is -2.15. The van der Waals surface area contributed by atoms with E-state index < -0.39 is 10.0 Å². The molecule has 7 heteroatoms. The van der Waals surface area contributed by atoms with Crippen LogP contribution in [0.15, 0.2) is 41.3 Å². The largest absolute Gasteiger partial charge is 0.352 e. The van der Waals surface area contributed by atoms with Gasteiger partial charge in [0.1, 0.15) is 0 Å². The van der Waals surface area contributed by atoms with Crippen molar-refractivity contribution in [3.8, 4) is 0 Å². The van der Waals surface area contributed by atoms with Crippen molar-refractivity contribution in [1.82, 2.24) is 10.2 Å². The first-order valence-electron chi connectivity index (χ1n) is 9.64. The molecule has 2 heterocycles. The van der Waals surface area contributed by atoms with Crippen LogP contribution in [0.5, 0.6) is 0 Å². The van der Waals surface area contributed by atoms with E-state index in [2.05, 4.69) is 40.6 Å². The van der Waals surface area contributed by atoms with Crippen LogP contribution in [-0.2, 0) is 10.0 Å². The van der Waals surface area contributed by atoms with Crippen LogP contribution in [0.25, 0.3) is 0 Å². The molecule has 0 radical (unpaired) electrons. The van der Waals surface area contributed by atoms with E-state index in [4.69, 9.17) is 0 Å². The molecule has 1 aromatic carbocycles. The van der Waals surface area contributed by atoms with Crippen molar-refractivity contribution in [2.24, 2.45) is 0 Å². The number of nitrogens with zero attached hydrogens (tertiary/aromatic N) is 3. The van der Waals surface area contributed by atoms with Crippen molar-refractivity contribution in [3.63, 3.8) is 0 Å². The molecule has 27 heavy (non-hydrogen) atoms. The lowest BCUT2D eigenvalue weighted by Crippen LogP contribution is -2.39. The Balaban J connectivity index is 1.73. The Labute approximate surface area is 162 Å². The van der Waals surface area contributed by atoms with Crippen molar-refractivity contribution < 1.29 is 8.42 Å². The number of piperidine rings is 1. The van der Waals surface area contributed by atoms with Gasteiger partial charge >= 0.3 is 0 Å². The van der Waals surface area contributed by atoms with Crippen LogP contribution in [0.3, 0.4) is 0 Å². The molecule has 6 nitrogen and oxygen atoms in total. The minimum absolute atomic E-state index is 0.222. The van der Waals surface area contributed by atoms with Crippen LogP contribution in [0.4, 0.5) is 11.6 Å². The third-order valence-corrected chi connectivity index (χ3v) is 6.51. The van der Waals surface area contributed by atoms with Crippen LogP contribution in [-0.4, -0.2) is 31.2 Å². The maximum atomic E-state index is 12.6. The maximum absolute atomic E-state index is 12.6. The highest BCUT2D eigenvalue weighted by molar-refractivity contribution is 7.92. The van der Waals surface area contributed by atoms with E-state index in [0.717, 1.165) is 30.8 Å². The van der Waals surface area contributed by atoms with E-state index in [9.17, 15) is 8.42 Å². The van der Waals surface area contributed by atoms with E-state index in [1.165, 1.54) is 12.8 Å². The van der Waals surface area contributed by atoms with Crippen LogP contribution >= 0.6 is 0 Å². The number of rotatable bonds is 6. The third-order valence-electron chi connectivity index (χ3n) is 5.14. The SMILES string of the molecule is CCC1CCCCN1c1ccc(NS(=O)(=O)c2ccc(C(C)C)cc2)nn1. The normalized spacial score (nSPS) is 17.9. The van der Waals surface area contributed by atoms with E-state index in [-0.39, 0.29) is 10.7 Å². The highest BCUT2D eigenvalue weighted by Gasteiger charge is 2.22. The maximum Gasteiger partial charge on any atom is 0.263 e. The molecule has 1 aliphatic heterocycles. The number of hydrogen-bond donors (Lipinski definition) is 1. The molecular formula is C20H28N4O2S. The first-order chi connectivity index (χ1) is 12.9. The zero-order chi connectivity index (χ0) is 19.4. The minimum atomic E-state index is -3.68. The summed E-state index contributed by atoms with van der Waals surface area (Å²) >= 11 is 0. The van der Waals surface area contributed by atoms with Gasteiger partial charge in [0, 0.05) is 12.6 Å². The number of sulfonamides is 1. The second-order valence-corrected chi connectivity index (χ2v) is 9.04. The van der Waals surface area contributed by atoms with Gasteiger partial charge in [-0.25, -0.2) is 8.42 Å². The monoisotopic (exact) mass is 388 g/mol. The molecule has 1 unspecified atom stereocenters. The topological polar surface area (TPSA) is 75.2 Å². The molecule has 1 saturated heterocycles. The molecule has 1 aliphatic rings. The summed E-state index contributed by atoms with van der Waals surface area (Å²) in [4.78, 5) is 2.50. The Morgan fingerprint density at radius 2 is 1.85 bits per heavy atom. The van der Waals surface area contributed by atoms with Gasteiger partial charge in [0.05, 0.1) is 4.90 Å². The van der Waals surface area contributed by atoms with Gasteiger partial charge in [-0.3, -0.25) is 4.72 Å². The van der Waals surface area contributed by atoms with Gasteiger partial charge in [0.15, 0.2) is 11.6 Å². The van der Waals surface area contributed by atoms with Gasteiger partial charge in [-0.1, -0.05) is 32.9 Å². The Bertz CT molecular complexity index is 849. The predicted molar refractivity (Wildman–Crippen MR) is 109 cm³/mol. The lowest BCUT2D eigenvalue weighted by molar-refractivity contribution is 0.445. The summed E-state index contributed by atoms with van der Waals surface area (Å²) in [5.41, 5.74) is 1.10. The molecule has 1 N–H and O–H groups in total. The molecule has 1 aromatic heterocycles. The van der Waals surface area contributed by atoms with Gasteiger partial charge in [0.2, 0.25) is 0 Å². The fraction of sp³-hybridized carbons (Fsp3) is 0.500. The summed E-state index contributed by atoms with van der Waals surface area (Å²) in [6.45, 7) is 7.30. The third kappa shape index (κ3) is 4.58. The Kier molecular flexibility index (Phi) is 5.99. The molecule has 146 valence electrons. The van der Waals surface area contributed by atoms with Gasteiger partial charge in [-0.15, -0.1) is 10.2 Å². The molecule has 3 rings (SSSR count). The second-order valence-electron chi connectivity index (χ2n) is 7.36. The molecule has 0 spiro atoms. The number of hydrogen-bond acceptors (Lipinski definition) is 5. The number of aromatic nitrogens is 2. The molecule has 1 atom stereocenters. The van der Waals surface area contributed by atoms with E-state index in [0.29, 0.717) is 12.0 Å². The molecule has 0 bridgehead atoms. The molecular weight excluding hydrogens is 360 g/mol. The number of anilines is 2. The van der Waals surface area contributed by atoms with Gasteiger partial charge in [0.25, 0.3) is 10.0 Å². The lowest BCUT2D eigenvalue weighted by atomic mass is 10.0. The zero-order valence-electron chi connectivity index (χ0n) is 16.2. The van der Waals surface area contributed by atoms with Gasteiger partial charge in [-0.2, -0.15) is 0 Å². The highest BCUT2D eigenvalue weighted by Crippen LogP contribution is 2.25. The Morgan fingerprint density at radius 1 is 1.11 bits per heavy atom. The van der Waals surface area contributed by atoms with Gasteiger partial charge in [-0.05, 0) is 61.4 Å². The number of benzene rings is 1. The summed E-state index contributed by atoms with van der Waals surface area (Å²) in [5, 5.41) is 8.36. The predicted octanol–water partition coefficient (Wildman–Crippen LogP) is 4.17. The van der Waals surface area contributed by atoms with E-state index in [1.54, 1.807) is 18.2 Å². The lowest BCUT2D eigenvalue weighted by Gasteiger charge is -2.35. The summed E-state index contributed by atoms with van der Waals surface area (Å²) < 4.78 is 27.7. The van der Waals surface area contributed by atoms with Crippen molar-refractivity contribution in [2.75, 3.05) is 16.2 Å². The minimum Gasteiger partial charge on any atom is -0.352 e. The Morgan fingerprint density at radius 3 is 2.44 bits per heavy atom. The van der Waals surface area contributed by atoms with Crippen LogP contribution in [0, 0.1) is 0 Å². The van der Waals surface area contributed by atoms with E-state index in [1.807, 2.05) is 18.2 Å². The number of nitrogens with one attached hydrogen (secondary N) is 1. The van der Waals surface area contributed by atoms with Crippen LogP contribution in [0.1, 0.15) is 57.9 Å². The highest BCUT2D eigenvalue weighted by atomic mass is 32.2. The first kappa shape index (κ1) is 19.6. The molecule has 0 aliphatic carbocycles. The fourth-order valence-corrected chi connectivity index (χ4v) is 4.48. The average Bonchev–Trinajstić information content (AvgIpc) is 2.68. The fourth-order valence-electron chi connectivity index (χ4n) is 3.49. The second kappa shape index (κ2) is 8.25. The molecule has 0 amide bonds. The molecule has 2 aromatic rings.